The summed E-state index contributed by atoms with van der Waals surface area (Å²) in [6, 6.07) is 4.40. The number of anilines is 1. The zero-order chi connectivity index (χ0) is 15.4. The molecule has 1 saturated heterocycles. The maximum absolute atomic E-state index is 12.3. The minimum absolute atomic E-state index is 0.0701. The van der Waals surface area contributed by atoms with E-state index >= 15 is 0 Å². The number of benzene rings is 1. The highest BCUT2D eigenvalue weighted by atomic mass is 35.5. The van der Waals surface area contributed by atoms with Crippen LogP contribution in [0.5, 0.6) is 0 Å². The second-order valence-electron chi connectivity index (χ2n) is 4.92. The van der Waals surface area contributed by atoms with Gasteiger partial charge in [-0.1, -0.05) is 23.2 Å². The van der Waals surface area contributed by atoms with Crippen LogP contribution in [-0.4, -0.2) is 42.9 Å². The van der Waals surface area contributed by atoms with Crippen molar-refractivity contribution in [2.75, 3.05) is 25.5 Å². The van der Waals surface area contributed by atoms with Gasteiger partial charge >= 0.3 is 0 Å². The van der Waals surface area contributed by atoms with Gasteiger partial charge in [0.1, 0.15) is 6.04 Å². The zero-order valence-corrected chi connectivity index (χ0v) is 13.2. The Balaban J connectivity index is 2.06. The van der Waals surface area contributed by atoms with Crippen LogP contribution < -0.4 is 10.6 Å². The monoisotopic (exact) mass is 329 g/mol. The van der Waals surface area contributed by atoms with E-state index < -0.39 is 6.04 Å². The van der Waals surface area contributed by atoms with Gasteiger partial charge in [-0.15, -0.1) is 0 Å². The Kier molecular flexibility index (Phi) is 5.45. The molecule has 1 aromatic carbocycles. The van der Waals surface area contributed by atoms with Crippen molar-refractivity contribution in [3.63, 3.8) is 0 Å². The van der Waals surface area contributed by atoms with Crippen molar-refractivity contribution < 1.29 is 9.59 Å². The van der Waals surface area contributed by atoms with E-state index in [0.29, 0.717) is 28.7 Å². The van der Waals surface area contributed by atoms with Crippen LogP contribution >= 0.6 is 23.2 Å². The van der Waals surface area contributed by atoms with Crippen LogP contribution in [0.4, 0.5) is 5.69 Å². The molecule has 0 spiro atoms. The van der Waals surface area contributed by atoms with Crippen LogP contribution in [0, 0.1) is 0 Å². The van der Waals surface area contributed by atoms with Gasteiger partial charge in [0.15, 0.2) is 0 Å². The predicted molar refractivity (Wildman–Crippen MR) is 83.8 cm³/mol. The molecule has 21 heavy (non-hydrogen) atoms. The number of hydrogen-bond donors (Lipinski definition) is 2. The molecule has 2 N–H and O–H groups in total. The first-order valence-corrected chi connectivity index (χ1v) is 7.48. The molecule has 1 atom stereocenters. The third-order valence-corrected chi connectivity index (χ3v) is 3.77. The molecule has 0 bridgehead atoms. The standard InChI is InChI=1S/C14H17Cl2N3O2/c1-17-8-13(20)19-4-2-3-12(19)14(21)18-11-6-9(15)5-10(16)7-11/h5-7,12,17H,2-4,8H2,1H3,(H,18,21). The van der Waals surface area contributed by atoms with Crippen LogP contribution in [0.3, 0.4) is 0 Å². The average Bonchev–Trinajstić information content (AvgIpc) is 2.86. The van der Waals surface area contributed by atoms with Gasteiger partial charge in [-0.3, -0.25) is 9.59 Å². The summed E-state index contributed by atoms with van der Waals surface area (Å²) in [6.07, 6.45) is 1.49. The second-order valence-corrected chi connectivity index (χ2v) is 5.80. The van der Waals surface area contributed by atoms with Gasteiger partial charge in [-0.2, -0.15) is 0 Å². The number of nitrogens with one attached hydrogen (secondary N) is 2. The topological polar surface area (TPSA) is 61.4 Å². The number of likely N-dealkylation sites (tertiary alicyclic amines) is 1. The summed E-state index contributed by atoms with van der Waals surface area (Å²) in [6.45, 7) is 0.835. The van der Waals surface area contributed by atoms with Gasteiger partial charge < -0.3 is 15.5 Å². The van der Waals surface area contributed by atoms with Crippen molar-refractivity contribution in [3.05, 3.63) is 28.2 Å². The third-order valence-electron chi connectivity index (χ3n) is 3.33. The minimum atomic E-state index is -0.441. The Morgan fingerprint density at radius 3 is 2.57 bits per heavy atom. The molecule has 1 aliphatic heterocycles. The summed E-state index contributed by atoms with van der Waals surface area (Å²) in [5.74, 6) is -0.283. The molecule has 0 saturated carbocycles. The number of carbonyl (C=O) groups excluding carboxylic acids is 2. The molecule has 114 valence electrons. The van der Waals surface area contributed by atoms with Crippen molar-refractivity contribution in [2.24, 2.45) is 0 Å². The Hall–Kier alpha value is -1.30. The van der Waals surface area contributed by atoms with Crippen LogP contribution in [0.2, 0.25) is 10.0 Å². The number of amides is 2. The molecule has 1 heterocycles. The lowest BCUT2D eigenvalue weighted by atomic mass is 10.2. The summed E-state index contributed by atoms with van der Waals surface area (Å²) in [5, 5.41) is 6.48. The lowest BCUT2D eigenvalue weighted by Gasteiger charge is -2.24. The lowest BCUT2D eigenvalue weighted by Crippen LogP contribution is -2.46. The maximum atomic E-state index is 12.3. The molecule has 0 radical (unpaired) electrons. The van der Waals surface area contributed by atoms with Crippen LogP contribution in [0.25, 0.3) is 0 Å². The van der Waals surface area contributed by atoms with Crippen molar-refractivity contribution >= 4 is 40.7 Å². The SMILES string of the molecule is CNCC(=O)N1CCCC1C(=O)Nc1cc(Cl)cc(Cl)c1. The predicted octanol–water partition coefficient (Wildman–Crippen LogP) is 2.14. The fourth-order valence-corrected chi connectivity index (χ4v) is 2.97. The maximum Gasteiger partial charge on any atom is 0.247 e. The Bertz CT molecular complexity index is 531. The molecule has 2 amide bonds. The zero-order valence-electron chi connectivity index (χ0n) is 11.7. The van der Waals surface area contributed by atoms with Crippen LogP contribution in [0.15, 0.2) is 18.2 Å². The van der Waals surface area contributed by atoms with Gasteiger partial charge in [0.05, 0.1) is 6.54 Å². The number of hydrogen-bond acceptors (Lipinski definition) is 3. The number of nitrogens with zero attached hydrogens (tertiary/aromatic N) is 1. The molecule has 7 heteroatoms. The highest BCUT2D eigenvalue weighted by Crippen LogP contribution is 2.24. The molecule has 1 fully saturated rings. The molecule has 2 rings (SSSR count). The molecule has 0 aromatic heterocycles. The summed E-state index contributed by atoms with van der Waals surface area (Å²) < 4.78 is 0. The number of halogens is 2. The average molecular weight is 330 g/mol. The summed E-state index contributed by atoms with van der Waals surface area (Å²) >= 11 is 11.8. The quantitative estimate of drug-likeness (QED) is 0.889. The second kappa shape index (κ2) is 7.11. The van der Waals surface area contributed by atoms with Gasteiger partial charge in [-0.05, 0) is 38.1 Å². The van der Waals surface area contributed by atoms with Gasteiger partial charge in [0.25, 0.3) is 0 Å². The Morgan fingerprint density at radius 2 is 1.95 bits per heavy atom. The molecular formula is C14H17Cl2N3O2. The summed E-state index contributed by atoms with van der Waals surface area (Å²) in [7, 11) is 1.71. The Morgan fingerprint density at radius 1 is 1.29 bits per heavy atom. The van der Waals surface area contributed by atoms with Crippen LogP contribution in [-0.2, 0) is 9.59 Å². The molecular weight excluding hydrogens is 313 g/mol. The largest absolute Gasteiger partial charge is 0.330 e. The Labute approximate surface area is 133 Å². The highest BCUT2D eigenvalue weighted by molar-refractivity contribution is 6.35. The van der Waals surface area contributed by atoms with Crippen molar-refractivity contribution in [1.82, 2.24) is 10.2 Å². The summed E-state index contributed by atoms with van der Waals surface area (Å²) in [4.78, 5) is 25.9. The molecule has 1 unspecified atom stereocenters. The molecule has 5 nitrogen and oxygen atoms in total. The first kappa shape index (κ1) is 16.1. The first-order chi connectivity index (χ1) is 10.0. The molecule has 0 aliphatic carbocycles. The minimum Gasteiger partial charge on any atom is -0.330 e. The van der Waals surface area contributed by atoms with E-state index in [0.717, 1.165) is 6.42 Å². The summed E-state index contributed by atoms with van der Waals surface area (Å²) in [5.41, 5.74) is 0.533. The van der Waals surface area contributed by atoms with E-state index in [1.807, 2.05) is 0 Å². The fraction of sp³-hybridized carbons (Fsp3) is 0.429. The number of rotatable bonds is 4. The smallest absolute Gasteiger partial charge is 0.247 e. The van der Waals surface area contributed by atoms with Crippen LogP contribution in [0.1, 0.15) is 12.8 Å². The van der Waals surface area contributed by atoms with Gasteiger partial charge in [0.2, 0.25) is 11.8 Å². The highest BCUT2D eigenvalue weighted by Gasteiger charge is 2.33. The lowest BCUT2D eigenvalue weighted by molar-refractivity contribution is -0.135. The van der Waals surface area contributed by atoms with E-state index in [-0.39, 0.29) is 18.4 Å². The van der Waals surface area contributed by atoms with E-state index in [9.17, 15) is 9.59 Å². The first-order valence-electron chi connectivity index (χ1n) is 6.72. The van der Waals surface area contributed by atoms with Crippen molar-refractivity contribution in [3.8, 4) is 0 Å². The van der Waals surface area contributed by atoms with Crippen molar-refractivity contribution in [1.29, 1.82) is 0 Å². The number of likely N-dealkylation sites (N-methyl/N-ethyl adjacent to an activating group) is 1. The van der Waals surface area contributed by atoms with Gasteiger partial charge in [-0.25, -0.2) is 0 Å². The van der Waals surface area contributed by atoms with E-state index in [1.165, 1.54) is 0 Å². The van der Waals surface area contributed by atoms with Gasteiger partial charge in [0, 0.05) is 22.3 Å². The fourth-order valence-electron chi connectivity index (χ4n) is 2.44. The van der Waals surface area contributed by atoms with E-state index in [2.05, 4.69) is 10.6 Å². The van der Waals surface area contributed by atoms with E-state index in [1.54, 1.807) is 30.1 Å². The normalized spacial score (nSPS) is 17.9. The van der Waals surface area contributed by atoms with Crippen molar-refractivity contribution in [2.45, 2.75) is 18.9 Å². The molecule has 1 aromatic rings. The third kappa shape index (κ3) is 4.09. The molecule has 1 aliphatic rings. The van der Waals surface area contributed by atoms with E-state index in [4.69, 9.17) is 23.2 Å². The number of carbonyl (C=O) groups is 2.